The molecule has 1 aromatic heterocycles. The van der Waals surface area contributed by atoms with Crippen LogP contribution < -0.4 is 21.9 Å². The van der Waals surface area contributed by atoms with Crippen molar-refractivity contribution in [3.63, 3.8) is 0 Å². The van der Waals surface area contributed by atoms with Gasteiger partial charge in [-0.25, -0.2) is 9.82 Å². The Morgan fingerprint density at radius 1 is 1.25 bits per heavy atom. The maximum Gasteiger partial charge on any atom is 0.132 e. The van der Waals surface area contributed by atoms with Crippen LogP contribution in [-0.4, -0.2) is 22.7 Å². The molecule has 1 atom stereocenters. The third-order valence-electron chi connectivity index (χ3n) is 4.66. The third-order valence-corrected chi connectivity index (χ3v) is 4.66. The van der Waals surface area contributed by atoms with Crippen LogP contribution in [0.15, 0.2) is 42.6 Å². The molecule has 6 nitrogen and oxygen atoms in total. The van der Waals surface area contributed by atoms with Gasteiger partial charge in [0.25, 0.3) is 0 Å². The van der Waals surface area contributed by atoms with Crippen LogP contribution in [0.25, 0.3) is 17.0 Å². The SMILES string of the molecule is C/C=C\c1cc(O)cc(NNC(CC)CNc2ccc(F)c3cc[nH]c23)c1N. The molecule has 2 aromatic carbocycles. The molecule has 7 heteroatoms. The standard InChI is InChI=1S/C21H26FN5O/c1-3-5-13-10-15(28)11-19(20(13)23)27-26-14(4-2)12-25-18-7-6-17(22)16-8-9-24-21(16)18/h3,5-11,14,24-28H,4,12,23H2,1-2H3/b5-3-. The van der Waals surface area contributed by atoms with Crippen molar-refractivity contribution in [3.8, 4) is 5.75 Å². The highest BCUT2D eigenvalue weighted by molar-refractivity contribution is 5.91. The zero-order valence-electron chi connectivity index (χ0n) is 16.0. The highest BCUT2D eigenvalue weighted by Gasteiger charge is 2.11. The van der Waals surface area contributed by atoms with Gasteiger partial charge in [-0.15, -0.1) is 0 Å². The summed E-state index contributed by atoms with van der Waals surface area (Å²) in [6, 6.07) is 8.18. The number of phenolic OH excluding ortho intramolecular Hbond substituents is 1. The Balaban J connectivity index is 1.67. The second-order valence-electron chi connectivity index (χ2n) is 6.61. The largest absolute Gasteiger partial charge is 0.508 e. The van der Waals surface area contributed by atoms with Crippen molar-refractivity contribution in [2.75, 3.05) is 23.0 Å². The lowest BCUT2D eigenvalue weighted by molar-refractivity contribution is 0.475. The minimum Gasteiger partial charge on any atom is -0.508 e. The fourth-order valence-corrected chi connectivity index (χ4v) is 3.06. The molecule has 0 bridgehead atoms. The predicted molar refractivity (Wildman–Crippen MR) is 115 cm³/mol. The molecule has 0 aliphatic carbocycles. The number of rotatable bonds is 8. The number of hydrogen-bond acceptors (Lipinski definition) is 5. The van der Waals surface area contributed by atoms with Crippen LogP contribution in [0.4, 0.5) is 21.5 Å². The second-order valence-corrected chi connectivity index (χ2v) is 6.61. The van der Waals surface area contributed by atoms with E-state index >= 15 is 0 Å². The molecular weight excluding hydrogens is 357 g/mol. The monoisotopic (exact) mass is 383 g/mol. The zero-order valence-corrected chi connectivity index (χ0v) is 16.0. The molecule has 1 unspecified atom stereocenters. The minimum atomic E-state index is -0.245. The van der Waals surface area contributed by atoms with Gasteiger partial charge in [0.15, 0.2) is 0 Å². The Labute approximate surface area is 163 Å². The Kier molecular flexibility index (Phi) is 6.06. The van der Waals surface area contributed by atoms with Crippen molar-refractivity contribution >= 4 is 34.0 Å². The molecule has 3 rings (SSSR count). The molecular formula is C21H26FN5O. The van der Waals surface area contributed by atoms with Crippen molar-refractivity contribution in [1.82, 2.24) is 10.4 Å². The summed E-state index contributed by atoms with van der Waals surface area (Å²) < 4.78 is 13.8. The van der Waals surface area contributed by atoms with Crippen molar-refractivity contribution in [3.05, 3.63) is 54.0 Å². The first-order valence-corrected chi connectivity index (χ1v) is 9.29. The molecule has 0 fully saturated rings. The summed E-state index contributed by atoms with van der Waals surface area (Å²) in [7, 11) is 0. The van der Waals surface area contributed by atoms with E-state index in [9.17, 15) is 9.50 Å². The summed E-state index contributed by atoms with van der Waals surface area (Å²) in [5.74, 6) is -0.108. The minimum absolute atomic E-state index is 0.0713. The summed E-state index contributed by atoms with van der Waals surface area (Å²) in [6.07, 6.45) is 6.28. The molecule has 3 aromatic rings. The summed E-state index contributed by atoms with van der Waals surface area (Å²) in [5, 5.41) is 13.8. The van der Waals surface area contributed by atoms with Crippen molar-refractivity contribution < 1.29 is 9.50 Å². The van der Waals surface area contributed by atoms with E-state index in [1.165, 1.54) is 6.07 Å². The quantitative estimate of drug-likeness (QED) is 0.196. The molecule has 28 heavy (non-hydrogen) atoms. The fraction of sp³-hybridized carbons (Fsp3) is 0.238. The molecule has 148 valence electrons. The van der Waals surface area contributed by atoms with Crippen LogP contribution in [-0.2, 0) is 0 Å². The van der Waals surface area contributed by atoms with Gasteiger partial charge in [0.05, 0.1) is 22.6 Å². The fourth-order valence-electron chi connectivity index (χ4n) is 3.06. The Hall–Kier alpha value is -3.19. The first-order valence-electron chi connectivity index (χ1n) is 9.29. The lowest BCUT2D eigenvalue weighted by atomic mass is 10.1. The molecule has 0 spiro atoms. The van der Waals surface area contributed by atoms with Gasteiger partial charge in [-0.05, 0) is 37.6 Å². The number of nitrogen functional groups attached to an aromatic ring is 1. The summed E-state index contributed by atoms with van der Waals surface area (Å²) in [5.41, 5.74) is 16.0. The Bertz CT molecular complexity index is 982. The summed E-state index contributed by atoms with van der Waals surface area (Å²) in [6.45, 7) is 4.57. The number of hydrazine groups is 1. The number of aromatic amines is 1. The number of anilines is 3. The topological polar surface area (TPSA) is 98.1 Å². The average molecular weight is 383 g/mol. The number of allylic oxidation sites excluding steroid dienone is 1. The highest BCUT2D eigenvalue weighted by atomic mass is 19.1. The number of phenols is 1. The van der Waals surface area contributed by atoms with Gasteiger partial charge in [-0.1, -0.05) is 19.1 Å². The normalized spacial score (nSPS) is 12.5. The third kappa shape index (κ3) is 4.20. The van der Waals surface area contributed by atoms with E-state index in [0.717, 1.165) is 23.2 Å². The van der Waals surface area contributed by atoms with Crippen LogP contribution in [0.3, 0.4) is 0 Å². The van der Waals surface area contributed by atoms with Gasteiger partial charge in [-0.2, -0.15) is 0 Å². The maximum atomic E-state index is 13.8. The van der Waals surface area contributed by atoms with E-state index in [1.807, 2.05) is 19.1 Å². The number of H-pyrrole nitrogens is 1. The van der Waals surface area contributed by atoms with Crippen LogP contribution in [0.1, 0.15) is 25.8 Å². The van der Waals surface area contributed by atoms with Gasteiger partial charge in [0.2, 0.25) is 0 Å². The molecule has 0 radical (unpaired) electrons. The van der Waals surface area contributed by atoms with E-state index in [4.69, 9.17) is 5.73 Å². The molecule has 1 heterocycles. The van der Waals surface area contributed by atoms with E-state index < -0.39 is 0 Å². The number of fused-ring (bicyclic) bond motifs is 1. The molecule has 0 aliphatic rings. The molecule has 0 saturated heterocycles. The van der Waals surface area contributed by atoms with E-state index in [1.54, 1.807) is 30.5 Å². The van der Waals surface area contributed by atoms with Gasteiger partial charge >= 0.3 is 0 Å². The Morgan fingerprint density at radius 3 is 2.82 bits per heavy atom. The van der Waals surface area contributed by atoms with E-state index in [0.29, 0.717) is 23.3 Å². The van der Waals surface area contributed by atoms with Gasteiger partial charge in [0, 0.05) is 35.8 Å². The van der Waals surface area contributed by atoms with Gasteiger partial charge in [0.1, 0.15) is 11.6 Å². The van der Waals surface area contributed by atoms with Crippen molar-refractivity contribution in [2.45, 2.75) is 26.3 Å². The number of benzene rings is 2. The molecule has 0 aliphatic heterocycles. The first kappa shape index (κ1) is 19.6. The average Bonchev–Trinajstić information content (AvgIpc) is 3.18. The summed E-state index contributed by atoms with van der Waals surface area (Å²) >= 11 is 0. The van der Waals surface area contributed by atoms with Gasteiger partial charge in [-0.3, -0.25) is 0 Å². The lowest BCUT2D eigenvalue weighted by Gasteiger charge is -2.21. The van der Waals surface area contributed by atoms with E-state index in [2.05, 4.69) is 28.1 Å². The number of nitrogens with one attached hydrogen (secondary N) is 4. The number of nitrogens with two attached hydrogens (primary N) is 1. The second kappa shape index (κ2) is 8.67. The van der Waals surface area contributed by atoms with E-state index in [-0.39, 0.29) is 17.6 Å². The first-order chi connectivity index (χ1) is 13.5. The highest BCUT2D eigenvalue weighted by Crippen LogP contribution is 2.29. The molecule has 0 saturated carbocycles. The van der Waals surface area contributed by atoms with Gasteiger partial charge < -0.3 is 26.6 Å². The number of halogens is 1. The number of hydrogen-bond donors (Lipinski definition) is 6. The number of aromatic hydroxyl groups is 1. The lowest BCUT2D eigenvalue weighted by Crippen LogP contribution is -2.39. The number of aromatic nitrogens is 1. The zero-order chi connectivity index (χ0) is 20.1. The molecule has 0 amide bonds. The maximum absolute atomic E-state index is 13.8. The van der Waals surface area contributed by atoms with Crippen LogP contribution >= 0.6 is 0 Å². The van der Waals surface area contributed by atoms with Crippen molar-refractivity contribution in [1.29, 1.82) is 0 Å². The Morgan fingerprint density at radius 2 is 2.07 bits per heavy atom. The smallest absolute Gasteiger partial charge is 0.132 e. The van der Waals surface area contributed by atoms with Crippen molar-refractivity contribution in [2.24, 2.45) is 0 Å². The predicted octanol–water partition coefficient (Wildman–Crippen LogP) is 4.44. The summed E-state index contributed by atoms with van der Waals surface area (Å²) in [4.78, 5) is 3.07. The van der Waals surface area contributed by atoms with Crippen LogP contribution in [0.2, 0.25) is 0 Å². The molecule has 7 N–H and O–H groups in total. The van der Waals surface area contributed by atoms with Crippen LogP contribution in [0, 0.1) is 5.82 Å². The van der Waals surface area contributed by atoms with Crippen LogP contribution in [0.5, 0.6) is 5.75 Å².